The van der Waals surface area contributed by atoms with Crippen molar-refractivity contribution in [2.45, 2.75) is 53.4 Å². The number of para-hydroxylation sites is 1. The van der Waals surface area contributed by atoms with E-state index >= 15 is 0 Å². The van der Waals surface area contributed by atoms with Gasteiger partial charge >= 0.3 is 0 Å². The van der Waals surface area contributed by atoms with E-state index in [1.54, 1.807) is 0 Å². The summed E-state index contributed by atoms with van der Waals surface area (Å²) in [6.45, 7) is 8.53. The number of nitrogens with one attached hydrogen (secondary N) is 1. The Morgan fingerprint density at radius 3 is 2.17 bits per heavy atom. The van der Waals surface area contributed by atoms with Gasteiger partial charge < -0.3 is 5.32 Å². The molecule has 0 atom stereocenters. The van der Waals surface area contributed by atoms with Crippen molar-refractivity contribution in [1.82, 2.24) is 0 Å². The molecule has 1 rings (SSSR count). The SMILES string of the molecule is CCc1cccc(CC)c1NC(=O)CCC(C)C. The third kappa shape index (κ3) is 4.17. The van der Waals surface area contributed by atoms with Gasteiger partial charge in [0.15, 0.2) is 0 Å². The maximum absolute atomic E-state index is 11.9. The van der Waals surface area contributed by atoms with Crippen molar-refractivity contribution in [3.05, 3.63) is 29.3 Å². The largest absolute Gasteiger partial charge is 0.326 e. The number of aryl methyl sites for hydroxylation is 2. The lowest BCUT2D eigenvalue weighted by Crippen LogP contribution is -2.15. The first-order valence-corrected chi connectivity index (χ1v) is 6.99. The number of anilines is 1. The Kier molecular flexibility index (Phi) is 5.90. The predicted octanol–water partition coefficient (Wildman–Crippen LogP) is 4.19. The fourth-order valence-corrected chi connectivity index (χ4v) is 2.02. The van der Waals surface area contributed by atoms with Gasteiger partial charge in [-0.3, -0.25) is 4.79 Å². The molecule has 0 aliphatic carbocycles. The molecule has 18 heavy (non-hydrogen) atoms. The molecular weight excluding hydrogens is 222 g/mol. The molecule has 0 unspecified atom stereocenters. The number of benzene rings is 1. The third-order valence-electron chi connectivity index (χ3n) is 3.21. The summed E-state index contributed by atoms with van der Waals surface area (Å²) in [7, 11) is 0. The molecule has 100 valence electrons. The van der Waals surface area contributed by atoms with E-state index < -0.39 is 0 Å². The minimum absolute atomic E-state index is 0.138. The first-order chi connectivity index (χ1) is 8.58. The van der Waals surface area contributed by atoms with Crippen LogP contribution in [0.15, 0.2) is 18.2 Å². The third-order valence-corrected chi connectivity index (χ3v) is 3.21. The summed E-state index contributed by atoms with van der Waals surface area (Å²) < 4.78 is 0. The Balaban J connectivity index is 2.79. The van der Waals surface area contributed by atoms with E-state index in [0.29, 0.717) is 12.3 Å². The second-order valence-corrected chi connectivity index (χ2v) is 5.14. The van der Waals surface area contributed by atoms with Gasteiger partial charge in [-0.15, -0.1) is 0 Å². The van der Waals surface area contributed by atoms with Crippen LogP contribution in [0.1, 0.15) is 51.7 Å². The second-order valence-electron chi connectivity index (χ2n) is 5.14. The van der Waals surface area contributed by atoms with Gasteiger partial charge in [-0.1, -0.05) is 45.9 Å². The van der Waals surface area contributed by atoms with E-state index in [-0.39, 0.29) is 5.91 Å². The van der Waals surface area contributed by atoms with Crippen molar-refractivity contribution in [2.24, 2.45) is 5.92 Å². The molecule has 0 aliphatic heterocycles. The van der Waals surface area contributed by atoms with Crippen molar-refractivity contribution >= 4 is 11.6 Å². The van der Waals surface area contributed by atoms with Crippen LogP contribution in [-0.4, -0.2) is 5.91 Å². The van der Waals surface area contributed by atoms with Crippen LogP contribution in [0.4, 0.5) is 5.69 Å². The maximum atomic E-state index is 11.9. The van der Waals surface area contributed by atoms with Gasteiger partial charge in [0.2, 0.25) is 5.91 Å². The minimum Gasteiger partial charge on any atom is -0.326 e. The van der Waals surface area contributed by atoms with Crippen LogP contribution in [0, 0.1) is 5.92 Å². The molecule has 0 fully saturated rings. The molecule has 0 radical (unpaired) electrons. The van der Waals surface area contributed by atoms with Crippen LogP contribution in [0.5, 0.6) is 0 Å². The van der Waals surface area contributed by atoms with Crippen molar-refractivity contribution in [3.8, 4) is 0 Å². The van der Waals surface area contributed by atoms with Gasteiger partial charge in [0.05, 0.1) is 0 Å². The zero-order chi connectivity index (χ0) is 13.5. The van der Waals surface area contributed by atoms with E-state index in [0.717, 1.165) is 24.9 Å². The molecule has 0 aliphatic rings. The molecule has 0 spiro atoms. The van der Waals surface area contributed by atoms with E-state index in [1.807, 2.05) is 0 Å². The van der Waals surface area contributed by atoms with E-state index in [2.05, 4.69) is 51.2 Å². The Morgan fingerprint density at radius 2 is 1.72 bits per heavy atom. The summed E-state index contributed by atoms with van der Waals surface area (Å²) in [6, 6.07) is 6.26. The average molecular weight is 247 g/mol. The molecule has 0 heterocycles. The average Bonchev–Trinajstić information content (AvgIpc) is 2.36. The van der Waals surface area contributed by atoms with E-state index in [4.69, 9.17) is 0 Å². The molecule has 1 N–H and O–H groups in total. The standard InChI is InChI=1S/C16H25NO/c1-5-13-8-7-9-14(6-2)16(13)17-15(18)11-10-12(3)4/h7-9,12H,5-6,10-11H2,1-4H3,(H,17,18). The van der Waals surface area contributed by atoms with Crippen LogP contribution in [-0.2, 0) is 17.6 Å². The van der Waals surface area contributed by atoms with Crippen LogP contribution < -0.4 is 5.32 Å². The van der Waals surface area contributed by atoms with Crippen molar-refractivity contribution in [1.29, 1.82) is 0 Å². The first kappa shape index (κ1) is 14.7. The molecule has 0 bridgehead atoms. The van der Waals surface area contributed by atoms with Crippen molar-refractivity contribution in [2.75, 3.05) is 5.32 Å². The zero-order valence-corrected chi connectivity index (χ0v) is 12.0. The summed E-state index contributed by atoms with van der Waals surface area (Å²) in [5.41, 5.74) is 3.50. The lowest BCUT2D eigenvalue weighted by Gasteiger charge is -2.14. The summed E-state index contributed by atoms with van der Waals surface area (Å²) in [6.07, 6.45) is 3.46. The Bertz CT molecular complexity index is 374. The van der Waals surface area contributed by atoms with Crippen LogP contribution >= 0.6 is 0 Å². The van der Waals surface area contributed by atoms with Crippen molar-refractivity contribution in [3.63, 3.8) is 0 Å². The molecule has 1 aromatic rings. The fraction of sp³-hybridized carbons (Fsp3) is 0.562. The molecule has 2 nitrogen and oxygen atoms in total. The topological polar surface area (TPSA) is 29.1 Å². The van der Waals surface area contributed by atoms with E-state index in [9.17, 15) is 4.79 Å². The fourth-order valence-electron chi connectivity index (χ4n) is 2.02. The highest BCUT2D eigenvalue weighted by atomic mass is 16.1. The number of rotatable bonds is 6. The summed E-state index contributed by atoms with van der Waals surface area (Å²) in [5, 5.41) is 3.10. The normalized spacial score (nSPS) is 10.7. The first-order valence-electron chi connectivity index (χ1n) is 6.99. The molecular formula is C16H25NO. The van der Waals surface area contributed by atoms with Crippen molar-refractivity contribution < 1.29 is 4.79 Å². The highest BCUT2D eigenvalue weighted by Crippen LogP contribution is 2.23. The molecule has 0 saturated heterocycles. The van der Waals surface area contributed by atoms with Gasteiger partial charge in [0, 0.05) is 12.1 Å². The quantitative estimate of drug-likeness (QED) is 0.802. The lowest BCUT2D eigenvalue weighted by molar-refractivity contribution is -0.116. The van der Waals surface area contributed by atoms with Crippen LogP contribution in [0.25, 0.3) is 0 Å². The Hall–Kier alpha value is -1.31. The van der Waals surface area contributed by atoms with Gasteiger partial charge in [0.25, 0.3) is 0 Å². The monoisotopic (exact) mass is 247 g/mol. The van der Waals surface area contributed by atoms with Gasteiger partial charge in [0.1, 0.15) is 0 Å². The smallest absolute Gasteiger partial charge is 0.224 e. The number of carbonyl (C=O) groups is 1. The summed E-state index contributed by atoms with van der Waals surface area (Å²) in [4.78, 5) is 11.9. The van der Waals surface area contributed by atoms with Gasteiger partial charge in [-0.2, -0.15) is 0 Å². The molecule has 0 saturated carbocycles. The summed E-state index contributed by atoms with van der Waals surface area (Å²) in [5.74, 6) is 0.710. The highest BCUT2D eigenvalue weighted by molar-refractivity contribution is 5.92. The van der Waals surface area contributed by atoms with Crippen LogP contribution in [0.2, 0.25) is 0 Å². The van der Waals surface area contributed by atoms with Crippen LogP contribution in [0.3, 0.4) is 0 Å². The maximum Gasteiger partial charge on any atom is 0.224 e. The summed E-state index contributed by atoms with van der Waals surface area (Å²) >= 11 is 0. The molecule has 0 aromatic heterocycles. The minimum atomic E-state index is 0.138. The Labute approximate surface area is 111 Å². The van der Waals surface area contributed by atoms with E-state index in [1.165, 1.54) is 11.1 Å². The zero-order valence-electron chi connectivity index (χ0n) is 12.0. The lowest BCUT2D eigenvalue weighted by atomic mass is 10.0. The van der Waals surface area contributed by atoms with Gasteiger partial charge in [-0.05, 0) is 36.3 Å². The Morgan fingerprint density at radius 1 is 1.17 bits per heavy atom. The number of hydrogen-bond donors (Lipinski definition) is 1. The molecule has 1 aromatic carbocycles. The number of amides is 1. The molecule has 2 heteroatoms. The molecule has 1 amide bonds. The number of carbonyl (C=O) groups excluding carboxylic acids is 1. The highest BCUT2D eigenvalue weighted by Gasteiger charge is 2.10. The predicted molar refractivity (Wildman–Crippen MR) is 77.9 cm³/mol. The van der Waals surface area contributed by atoms with Gasteiger partial charge in [-0.25, -0.2) is 0 Å². The second kappa shape index (κ2) is 7.20. The number of hydrogen-bond acceptors (Lipinski definition) is 1.